The van der Waals surface area contributed by atoms with Gasteiger partial charge in [-0.05, 0) is 60.7 Å². The summed E-state index contributed by atoms with van der Waals surface area (Å²) in [6.07, 6.45) is 1.63. The van der Waals surface area contributed by atoms with Crippen LogP contribution in [0.15, 0.2) is 65.6 Å². The van der Waals surface area contributed by atoms with Crippen LogP contribution in [-0.2, 0) is 21.4 Å². The van der Waals surface area contributed by atoms with Gasteiger partial charge < -0.3 is 15.4 Å². The summed E-state index contributed by atoms with van der Waals surface area (Å²) in [4.78, 5) is 13.3. The molecule has 0 fully saturated rings. The summed E-state index contributed by atoms with van der Waals surface area (Å²) in [6.45, 7) is 8.21. The molecule has 3 aromatic carbocycles. The molecule has 1 amide bonds. The van der Waals surface area contributed by atoms with Gasteiger partial charge in [0.2, 0.25) is 15.9 Å². The van der Waals surface area contributed by atoms with Gasteiger partial charge in [-0.3, -0.25) is 4.79 Å². The molecule has 41 heavy (non-hydrogen) atoms. The number of nitrogens with one attached hydrogen (secondary N) is 3. The maximum absolute atomic E-state index is 13.5. The van der Waals surface area contributed by atoms with E-state index in [1.807, 2.05) is 24.3 Å². The number of carbonyl (C=O) groups excluding carboxylic acids is 1. The topological polar surface area (TPSA) is 96.5 Å². The number of hydrogen-bond acceptors (Lipinski definition) is 5. The van der Waals surface area contributed by atoms with Crippen LogP contribution in [0.5, 0.6) is 5.75 Å². The average Bonchev–Trinajstić information content (AvgIpc) is 2.90. The molecule has 1 aliphatic rings. The van der Waals surface area contributed by atoms with Crippen molar-refractivity contribution in [2.24, 2.45) is 5.92 Å². The number of carbonyl (C=O) groups is 1. The predicted molar refractivity (Wildman–Crippen MR) is 164 cm³/mol. The third-order valence-electron chi connectivity index (χ3n) is 7.03. The van der Waals surface area contributed by atoms with Crippen LogP contribution in [0.1, 0.15) is 67.4 Å². The van der Waals surface area contributed by atoms with Gasteiger partial charge in [0, 0.05) is 30.0 Å². The van der Waals surface area contributed by atoms with Crippen molar-refractivity contribution < 1.29 is 17.9 Å². The summed E-state index contributed by atoms with van der Waals surface area (Å²) in [7, 11) is -4.08. The Morgan fingerprint density at radius 2 is 1.83 bits per heavy atom. The Morgan fingerprint density at radius 1 is 1.07 bits per heavy atom. The Hall–Kier alpha value is -2.62. The molecule has 0 saturated heterocycles. The minimum Gasteiger partial charge on any atom is -0.493 e. The molecule has 0 radical (unpaired) electrons. The van der Waals surface area contributed by atoms with E-state index in [0.29, 0.717) is 35.1 Å². The van der Waals surface area contributed by atoms with E-state index >= 15 is 0 Å². The van der Waals surface area contributed by atoms with Crippen LogP contribution in [0.4, 0.5) is 0 Å². The number of fused-ring (bicyclic) bond motifs is 1. The van der Waals surface area contributed by atoms with Crippen LogP contribution in [0, 0.1) is 12.8 Å². The standard InChI is InChI=1S/C31H37Cl2N3O4S/c1-20(2)11-13-34-19-22-9-10-25-27(12-14-40-29(25)16-22)35-30(37)18-28(23-7-5-4-6-8-23)36-41(38,39)31-21(3)15-24(32)17-26(31)33/h4-10,15-17,20,27-28,34,36H,11-14,18-19H2,1-3H3,(H,35,37). The van der Waals surface area contributed by atoms with Crippen molar-refractivity contribution in [1.29, 1.82) is 0 Å². The predicted octanol–water partition coefficient (Wildman–Crippen LogP) is 6.49. The highest BCUT2D eigenvalue weighted by atomic mass is 35.5. The summed E-state index contributed by atoms with van der Waals surface area (Å²) in [6, 6.07) is 17.0. The number of amides is 1. The largest absolute Gasteiger partial charge is 0.493 e. The van der Waals surface area contributed by atoms with Crippen molar-refractivity contribution >= 4 is 39.1 Å². The highest BCUT2D eigenvalue weighted by Gasteiger charge is 2.29. The molecule has 220 valence electrons. The minimum atomic E-state index is -4.08. The molecular formula is C31H37Cl2N3O4S. The molecule has 0 bridgehead atoms. The number of benzene rings is 3. The number of aryl methyl sites for hydroxylation is 1. The molecule has 1 aliphatic heterocycles. The van der Waals surface area contributed by atoms with E-state index in [2.05, 4.69) is 29.2 Å². The van der Waals surface area contributed by atoms with Gasteiger partial charge in [0.15, 0.2) is 0 Å². The Balaban J connectivity index is 1.48. The molecule has 0 saturated carbocycles. The van der Waals surface area contributed by atoms with Crippen LogP contribution in [0.25, 0.3) is 0 Å². The Bertz CT molecular complexity index is 1440. The summed E-state index contributed by atoms with van der Waals surface area (Å²) in [5.74, 6) is 1.13. The van der Waals surface area contributed by atoms with Gasteiger partial charge in [0.05, 0.1) is 23.7 Å². The Morgan fingerprint density at radius 3 is 2.54 bits per heavy atom. The van der Waals surface area contributed by atoms with Crippen molar-refractivity contribution in [3.05, 3.63) is 93.0 Å². The second-order valence-corrected chi connectivity index (χ2v) is 13.3. The maximum atomic E-state index is 13.5. The van der Waals surface area contributed by atoms with Gasteiger partial charge >= 0.3 is 0 Å². The first-order valence-electron chi connectivity index (χ1n) is 13.8. The van der Waals surface area contributed by atoms with Crippen molar-refractivity contribution in [1.82, 2.24) is 15.4 Å². The van der Waals surface area contributed by atoms with E-state index in [-0.39, 0.29) is 28.3 Å². The SMILES string of the molecule is Cc1cc(Cl)cc(Cl)c1S(=O)(=O)NC(CC(=O)NC1CCOc2cc(CNCCC(C)C)ccc21)c1ccccc1. The van der Waals surface area contributed by atoms with Gasteiger partial charge in [-0.25, -0.2) is 13.1 Å². The van der Waals surface area contributed by atoms with E-state index in [1.54, 1.807) is 37.3 Å². The quantitative estimate of drug-likeness (QED) is 0.202. The van der Waals surface area contributed by atoms with Gasteiger partial charge in [0.1, 0.15) is 10.6 Å². The lowest BCUT2D eigenvalue weighted by atomic mass is 9.98. The molecule has 0 aliphatic carbocycles. The summed E-state index contributed by atoms with van der Waals surface area (Å²) >= 11 is 12.3. The second-order valence-electron chi connectivity index (χ2n) is 10.8. The van der Waals surface area contributed by atoms with Gasteiger partial charge in [0.25, 0.3) is 0 Å². The molecule has 0 aromatic heterocycles. The molecule has 3 aromatic rings. The highest BCUT2D eigenvalue weighted by molar-refractivity contribution is 7.89. The van der Waals surface area contributed by atoms with Crippen molar-refractivity contribution in [3.8, 4) is 5.75 Å². The van der Waals surface area contributed by atoms with E-state index in [9.17, 15) is 13.2 Å². The zero-order chi connectivity index (χ0) is 29.6. The lowest BCUT2D eigenvalue weighted by molar-refractivity contribution is -0.122. The monoisotopic (exact) mass is 617 g/mol. The first-order chi connectivity index (χ1) is 19.5. The minimum absolute atomic E-state index is 0.0204. The molecule has 2 unspecified atom stereocenters. The van der Waals surface area contributed by atoms with Gasteiger partial charge in [-0.2, -0.15) is 0 Å². The van der Waals surface area contributed by atoms with Gasteiger partial charge in [-0.15, -0.1) is 0 Å². The van der Waals surface area contributed by atoms with Crippen LogP contribution < -0.4 is 20.1 Å². The fourth-order valence-corrected chi connectivity index (χ4v) is 7.35. The zero-order valence-corrected chi connectivity index (χ0v) is 25.9. The number of hydrogen-bond donors (Lipinski definition) is 3. The second kappa shape index (κ2) is 14.0. The normalized spacial score (nSPS) is 15.7. The molecule has 1 heterocycles. The van der Waals surface area contributed by atoms with Crippen LogP contribution in [0.2, 0.25) is 10.0 Å². The lowest BCUT2D eigenvalue weighted by Gasteiger charge is -2.28. The zero-order valence-electron chi connectivity index (χ0n) is 23.5. The molecule has 4 rings (SSSR count). The van der Waals surface area contributed by atoms with Crippen LogP contribution in [-0.4, -0.2) is 27.5 Å². The molecule has 7 nitrogen and oxygen atoms in total. The Kier molecular flexibility index (Phi) is 10.7. The number of sulfonamides is 1. The van der Waals surface area contributed by atoms with E-state index in [1.165, 1.54) is 6.07 Å². The third-order valence-corrected chi connectivity index (χ3v) is 9.33. The van der Waals surface area contributed by atoms with Gasteiger partial charge in [-0.1, -0.05) is 79.5 Å². The molecule has 0 spiro atoms. The van der Waals surface area contributed by atoms with Crippen molar-refractivity contribution in [2.45, 2.75) is 63.6 Å². The Labute approximate surface area is 253 Å². The highest BCUT2D eigenvalue weighted by Crippen LogP contribution is 2.34. The summed E-state index contributed by atoms with van der Waals surface area (Å²) in [5.41, 5.74) is 3.11. The van der Waals surface area contributed by atoms with E-state index < -0.39 is 16.1 Å². The first-order valence-corrected chi connectivity index (χ1v) is 16.1. The van der Waals surface area contributed by atoms with Crippen LogP contribution >= 0.6 is 23.2 Å². The fraction of sp³-hybridized carbons (Fsp3) is 0.387. The maximum Gasteiger partial charge on any atom is 0.242 e. The summed E-state index contributed by atoms with van der Waals surface area (Å²) in [5, 5.41) is 6.93. The molecular weight excluding hydrogens is 581 g/mol. The number of ether oxygens (including phenoxy) is 1. The smallest absolute Gasteiger partial charge is 0.242 e. The lowest BCUT2D eigenvalue weighted by Crippen LogP contribution is -2.37. The third kappa shape index (κ3) is 8.46. The number of halogens is 2. The molecule has 10 heteroatoms. The van der Waals surface area contributed by atoms with E-state index in [0.717, 1.165) is 36.4 Å². The molecule has 3 N–H and O–H groups in total. The number of rotatable bonds is 12. The van der Waals surface area contributed by atoms with Crippen molar-refractivity contribution in [3.63, 3.8) is 0 Å². The fourth-order valence-electron chi connectivity index (χ4n) is 4.94. The van der Waals surface area contributed by atoms with E-state index in [4.69, 9.17) is 27.9 Å². The average molecular weight is 619 g/mol. The van der Waals surface area contributed by atoms with Crippen LogP contribution in [0.3, 0.4) is 0 Å². The molecule has 2 atom stereocenters. The van der Waals surface area contributed by atoms with Crippen molar-refractivity contribution in [2.75, 3.05) is 13.2 Å². The summed E-state index contributed by atoms with van der Waals surface area (Å²) < 4.78 is 35.6. The first kappa shape index (κ1) is 31.3.